The van der Waals surface area contributed by atoms with Crippen molar-refractivity contribution in [1.82, 2.24) is 19.9 Å². The minimum Gasteiger partial charge on any atom is -0.347 e. The van der Waals surface area contributed by atoms with E-state index >= 15 is 0 Å². The molecule has 2 heterocycles. The highest BCUT2D eigenvalue weighted by atomic mass is 79.9. The van der Waals surface area contributed by atoms with E-state index in [2.05, 4.69) is 38.4 Å². The molecule has 0 bridgehead atoms. The second-order valence-corrected chi connectivity index (χ2v) is 11.9. The van der Waals surface area contributed by atoms with Gasteiger partial charge in [0, 0.05) is 45.4 Å². The van der Waals surface area contributed by atoms with Crippen molar-refractivity contribution in [3.8, 4) is 11.1 Å². The molecule has 0 radical (unpaired) electrons. The van der Waals surface area contributed by atoms with E-state index in [9.17, 15) is 4.79 Å². The second-order valence-electron chi connectivity index (χ2n) is 10.1. The van der Waals surface area contributed by atoms with Gasteiger partial charge in [-0.25, -0.2) is 9.97 Å². The van der Waals surface area contributed by atoms with Crippen molar-refractivity contribution in [3.05, 3.63) is 152 Å². The molecular formula is C34H25BrCl2N4O. The maximum absolute atomic E-state index is 13.3. The average molecular weight is 656 g/mol. The summed E-state index contributed by atoms with van der Waals surface area (Å²) in [5.41, 5.74) is 6.99. The van der Waals surface area contributed by atoms with Crippen LogP contribution in [0.4, 0.5) is 0 Å². The number of nitrogens with zero attached hydrogens (tertiary/aromatic N) is 3. The van der Waals surface area contributed by atoms with Crippen LogP contribution in [0.3, 0.4) is 0 Å². The monoisotopic (exact) mass is 654 g/mol. The van der Waals surface area contributed by atoms with Crippen LogP contribution in [0.1, 0.15) is 38.8 Å². The van der Waals surface area contributed by atoms with Crippen LogP contribution in [0.15, 0.2) is 114 Å². The number of carbonyl (C=O) groups excluding carboxylic acids is 1. The molecule has 208 valence electrons. The van der Waals surface area contributed by atoms with Crippen molar-refractivity contribution in [2.75, 3.05) is 0 Å². The van der Waals surface area contributed by atoms with Crippen molar-refractivity contribution >= 4 is 55.9 Å². The molecule has 0 saturated heterocycles. The van der Waals surface area contributed by atoms with Crippen LogP contribution >= 0.6 is 39.1 Å². The van der Waals surface area contributed by atoms with Crippen LogP contribution in [0.5, 0.6) is 0 Å². The Hall–Kier alpha value is -3.97. The molecule has 6 rings (SSSR count). The lowest BCUT2D eigenvalue weighted by atomic mass is 9.87. The molecule has 0 spiro atoms. The Labute approximate surface area is 262 Å². The van der Waals surface area contributed by atoms with E-state index in [1.807, 2.05) is 103 Å². The van der Waals surface area contributed by atoms with Gasteiger partial charge in [-0.3, -0.25) is 4.79 Å². The maximum Gasteiger partial charge on any atom is 0.270 e. The summed E-state index contributed by atoms with van der Waals surface area (Å²) in [6, 6.07) is 31.4. The van der Waals surface area contributed by atoms with Crippen molar-refractivity contribution in [1.29, 1.82) is 0 Å². The molecule has 5 nitrogen and oxygen atoms in total. The summed E-state index contributed by atoms with van der Waals surface area (Å²) >= 11 is 16.1. The SMILES string of the molecule is Cn1cncc1C(c1ccc(Cl)cc1)c1ccc2nc(C(=O)NCc3cccc(Br)c3)cc(-c3cccc(Cl)c3)c2c1. The third-order valence-electron chi connectivity index (χ3n) is 7.23. The Bertz CT molecular complexity index is 1920. The lowest BCUT2D eigenvalue weighted by Crippen LogP contribution is -2.24. The predicted molar refractivity (Wildman–Crippen MR) is 173 cm³/mol. The highest BCUT2D eigenvalue weighted by molar-refractivity contribution is 9.10. The zero-order valence-corrected chi connectivity index (χ0v) is 25.7. The quantitative estimate of drug-likeness (QED) is 0.187. The van der Waals surface area contributed by atoms with Gasteiger partial charge in [0.1, 0.15) is 5.69 Å². The smallest absolute Gasteiger partial charge is 0.270 e. The van der Waals surface area contributed by atoms with E-state index in [1.54, 1.807) is 6.33 Å². The third kappa shape index (κ3) is 5.97. The minimum absolute atomic E-state index is 0.0976. The lowest BCUT2D eigenvalue weighted by molar-refractivity contribution is 0.0946. The molecule has 1 N–H and O–H groups in total. The molecule has 2 aromatic heterocycles. The van der Waals surface area contributed by atoms with Crippen molar-refractivity contribution in [2.24, 2.45) is 7.05 Å². The number of fused-ring (bicyclic) bond motifs is 1. The molecule has 0 saturated carbocycles. The molecule has 1 unspecified atom stereocenters. The number of hydrogen-bond donors (Lipinski definition) is 1. The summed E-state index contributed by atoms with van der Waals surface area (Å²) in [5, 5.41) is 5.22. The average Bonchev–Trinajstić information content (AvgIpc) is 3.41. The number of halogens is 3. The Kier molecular flexibility index (Phi) is 8.11. The molecule has 0 fully saturated rings. The van der Waals surface area contributed by atoms with Gasteiger partial charge in [0.25, 0.3) is 5.91 Å². The van der Waals surface area contributed by atoms with Crippen molar-refractivity contribution < 1.29 is 4.79 Å². The lowest BCUT2D eigenvalue weighted by Gasteiger charge is -2.20. The Balaban J connectivity index is 1.47. The molecular weight excluding hydrogens is 631 g/mol. The number of aryl methyl sites for hydroxylation is 1. The topological polar surface area (TPSA) is 59.8 Å². The van der Waals surface area contributed by atoms with Crippen LogP contribution in [-0.2, 0) is 13.6 Å². The molecule has 0 aliphatic heterocycles. The van der Waals surface area contributed by atoms with E-state index < -0.39 is 0 Å². The number of benzene rings is 4. The summed E-state index contributed by atoms with van der Waals surface area (Å²) in [6.45, 7) is 0.386. The fraction of sp³-hybridized carbons (Fsp3) is 0.0882. The van der Waals surface area contributed by atoms with Gasteiger partial charge in [0.2, 0.25) is 0 Å². The fourth-order valence-electron chi connectivity index (χ4n) is 5.19. The normalized spacial score (nSPS) is 11.9. The number of rotatable bonds is 7. The zero-order chi connectivity index (χ0) is 29.2. The fourth-order valence-corrected chi connectivity index (χ4v) is 5.95. The second kappa shape index (κ2) is 12.1. The van der Waals surface area contributed by atoms with E-state index in [0.29, 0.717) is 27.8 Å². The van der Waals surface area contributed by atoms with E-state index in [1.165, 1.54) is 0 Å². The molecule has 42 heavy (non-hydrogen) atoms. The summed E-state index contributed by atoms with van der Waals surface area (Å²) in [4.78, 5) is 22.5. The molecule has 8 heteroatoms. The van der Waals surface area contributed by atoms with Gasteiger partial charge in [0.05, 0.1) is 17.8 Å². The zero-order valence-electron chi connectivity index (χ0n) is 22.6. The van der Waals surface area contributed by atoms with E-state index in [4.69, 9.17) is 28.2 Å². The van der Waals surface area contributed by atoms with Crippen LogP contribution in [0.25, 0.3) is 22.0 Å². The standard InChI is InChI=1S/C34H25BrCl2N4O/c1-41-20-38-19-32(41)33(22-8-11-26(36)12-9-22)24-10-13-30-29(16-24)28(23-5-3-7-27(37)15-23)17-31(40-30)34(42)39-18-21-4-2-6-25(35)14-21/h2-17,19-20,33H,18H2,1H3,(H,39,42). The molecule has 0 aliphatic carbocycles. The van der Waals surface area contributed by atoms with E-state index in [-0.39, 0.29) is 11.8 Å². The Morgan fingerprint density at radius 2 is 1.69 bits per heavy atom. The number of amides is 1. The number of aromatic nitrogens is 3. The van der Waals surface area contributed by atoms with Gasteiger partial charge < -0.3 is 9.88 Å². The summed E-state index contributed by atoms with van der Waals surface area (Å²) in [7, 11) is 1.99. The number of nitrogens with one attached hydrogen (secondary N) is 1. The van der Waals surface area contributed by atoms with Gasteiger partial charge >= 0.3 is 0 Å². The minimum atomic E-state index is -0.252. The number of imidazole rings is 1. The Morgan fingerprint density at radius 1 is 0.905 bits per heavy atom. The Morgan fingerprint density at radius 3 is 2.43 bits per heavy atom. The highest BCUT2D eigenvalue weighted by Gasteiger charge is 2.22. The van der Waals surface area contributed by atoms with Crippen LogP contribution in [0, 0.1) is 0 Å². The van der Waals surface area contributed by atoms with Gasteiger partial charge in [-0.15, -0.1) is 0 Å². The first-order chi connectivity index (χ1) is 20.4. The van der Waals surface area contributed by atoms with Crippen LogP contribution < -0.4 is 5.32 Å². The number of hydrogen-bond acceptors (Lipinski definition) is 3. The largest absolute Gasteiger partial charge is 0.347 e. The first kappa shape index (κ1) is 28.2. The number of carbonyl (C=O) groups is 1. The predicted octanol–water partition coefficient (Wildman–Crippen LogP) is 8.81. The maximum atomic E-state index is 13.3. The summed E-state index contributed by atoms with van der Waals surface area (Å²) < 4.78 is 2.98. The summed E-state index contributed by atoms with van der Waals surface area (Å²) in [6.07, 6.45) is 3.69. The number of pyridine rings is 1. The van der Waals surface area contributed by atoms with E-state index in [0.717, 1.165) is 43.4 Å². The van der Waals surface area contributed by atoms with Gasteiger partial charge in [-0.1, -0.05) is 81.6 Å². The molecule has 1 atom stereocenters. The van der Waals surface area contributed by atoms with Gasteiger partial charge in [0.15, 0.2) is 0 Å². The first-order valence-electron chi connectivity index (χ1n) is 13.3. The van der Waals surface area contributed by atoms with Crippen molar-refractivity contribution in [2.45, 2.75) is 12.5 Å². The van der Waals surface area contributed by atoms with Crippen LogP contribution in [-0.4, -0.2) is 20.4 Å². The molecule has 0 aliphatic rings. The molecule has 1 amide bonds. The first-order valence-corrected chi connectivity index (χ1v) is 14.9. The van der Waals surface area contributed by atoms with Gasteiger partial charge in [-0.05, 0) is 82.4 Å². The highest BCUT2D eigenvalue weighted by Crippen LogP contribution is 2.37. The van der Waals surface area contributed by atoms with Gasteiger partial charge in [-0.2, -0.15) is 0 Å². The van der Waals surface area contributed by atoms with Crippen molar-refractivity contribution in [3.63, 3.8) is 0 Å². The third-order valence-corrected chi connectivity index (χ3v) is 8.21. The molecule has 6 aromatic rings. The summed E-state index contributed by atoms with van der Waals surface area (Å²) in [5.74, 6) is -0.349. The van der Waals surface area contributed by atoms with Crippen LogP contribution in [0.2, 0.25) is 10.0 Å². The molecule has 4 aromatic carbocycles.